The van der Waals surface area contributed by atoms with Crippen LogP contribution in [0.2, 0.25) is 0 Å². The summed E-state index contributed by atoms with van der Waals surface area (Å²) in [5.74, 6) is 0. The van der Waals surface area contributed by atoms with E-state index in [4.69, 9.17) is 0 Å². The van der Waals surface area contributed by atoms with Gasteiger partial charge in [0, 0.05) is 0 Å². The second-order valence-corrected chi connectivity index (χ2v) is 21.0. The molecule has 7 aliphatic rings. The summed E-state index contributed by atoms with van der Waals surface area (Å²) in [5.41, 5.74) is 12.9. The molecule has 8 atom stereocenters. The summed E-state index contributed by atoms with van der Waals surface area (Å²) in [6, 6.07) is 46.7. The van der Waals surface area contributed by atoms with E-state index in [-0.39, 0.29) is 24.2 Å². The molecule has 0 nitrogen and oxygen atoms in total. The van der Waals surface area contributed by atoms with E-state index in [9.17, 15) is 0 Å². The minimum atomic E-state index is -1.82. The molecule has 0 radical (unpaired) electrons. The summed E-state index contributed by atoms with van der Waals surface area (Å²) >= 11 is 0. The van der Waals surface area contributed by atoms with Crippen LogP contribution in [-0.2, 0) is 10.6 Å². The molecule has 4 aromatic rings. The monoisotopic (exact) mass is 580 g/mol. The molecule has 1 spiro atoms. The van der Waals surface area contributed by atoms with E-state index in [1.54, 1.807) is 33.4 Å². The van der Waals surface area contributed by atoms with Crippen LogP contribution in [0, 0.1) is 10.8 Å². The van der Waals surface area contributed by atoms with E-state index in [2.05, 4.69) is 149 Å². The van der Waals surface area contributed by atoms with Crippen LogP contribution in [0.5, 0.6) is 0 Å². The molecule has 0 N–H and O–H groups in total. The van der Waals surface area contributed by atoms with Crippen molar-refractivity contribution in [1.29, 1.82) is 0 Å². The van der Waals surface area contributed by atoms with Gasteiger partial charge in [-0.1, -0.05) is 0 Å². The Morgan fingerprint density at radius 2 is 1.17 bits per heavy atom. The molecule has 2 heteroatoms. The van der Waals surface area contributed by atoms with Crippen molar-refractivity contribution in [2.24, 2.45) is 10.8 Å². The molecule has 3 saturated heterocycles. The van der Waals surface area contributed by atoms with Crippen molar-refractivity contribution in [2.75, 3.05) is 6.16 Å². The first-order chi connectivity index (χ1) is 20.4. The molecule has 6 heterocycles. The average Bonchev–Trinajstić information content (AvgIpc) is 3.60. The summed E-state index contributed by atoms with van der Waals surface area (Å²) in [5, 5.41) is 4.16. The van der Waals surface area contributed by atoms with Gasteiger partial charge in [0.25, 0.3) is 0 Å². The quantitative estimate of drug-likeness (QED) is 0.206. The van der Waals surface area contributed by atoms with E-state index < -0.39 is 7.26 Å². The fraction of sp³-hybridized carbons (Fsp3) is 0.300. The molecule has 0 amide bonds. The van der Waals surface area contributed by atoms with Gasteiger partial charge in [0.15, 0.2) is 0 Å². The molecule has 0 aromatic heterocycles. The van der Waals surface area contributed by atoms with E-state index in [1.165, 1.54) is 6.16 Å². The molecular weight excluding hydrogens is 542 g/mol. The molecular formula is C40H38P2. The van der Waals surface area contributed by atoms with Gasteiger partial charge in [-0.05, 0) is 0 Å². The Morgan fingerprint density at radius 1 is 0.643 bits per heavy atom. The number of rotatable bonds is 5. The van der Waals surface area contributed by atoms with Crippen LogP contribution in [0.3, 0.4) is 0 Å². The molecule has 4 aromatic carbocycles. The topological polar surface area (TPSA) is 0 Å². The van der Waals surface area contributed by atoms with Crippen LogP contribution in [0.4, 0.5) is 0 Å². The predicted molar refractivity (Wildman–Crippen MR) is 180 cm³/mol. The second kappa shape index (κ2) is 7.46. The van der Waals surface area contributed by atoms with Gasteiger partial charge in [-0.3, -0.25) is 0 Å². The third-order valence-corrected chi connectivity index (χ3v) is 24.6. The summed E-state index contributed by atoms with van der Waals surface area (Å²) in [6.07, 6.45) is 1.44. The van der Waals surface area contributed by atoms with Crippen molar-refractivity contribution in [3.8, 4) is 0 Å². The molecule has 1 aliphatic carbocycles. The van der Waals surface area contributed by atoms with Gasteiger partial charge in [0.2, 0.25) is 0 Å². The SMILES string of the molecule is CC1=C(C2=C(C)C3(C)C4P2C(c2ccccc2)C43c2ccccc2)[PH]23CC1(C)C2(c1ccccc1)C3c1ccccc1. The zero-order valence-electron chi connectivity index (χ0n) is 24.9. The Hall–Kier alpha value is -2.78. The first-order valence-corrected chi connectivity index (χ1v) is 19.6. The third-order valence-electron chi connectivity index (χ3n) is 13.8. The minimum absolute atomic E-state index is 0.260. The fourth-order valence-corrected chi connectivity index (χ4v) is 27.6. The molecule has 2 bridgehead atoms. The van der Waals surface area contributed by atoms with Crippen LogP contribution in [0.25, 0.3) is 0 Å². The Morgan fingerprint density at radius 3 is 1.74 bits per heavy atom. The molecule has 1 saturated carbocycles. The number of benzene rings is 4. The van der Waals surface area contributed by atoms with Crippen molar-refractivity contribution < 1.29 is 0 Å². The van der Waals surface area contributed by atoms with E-state index in [1.807, 2.05) is 10.6 Å². The van der Waals surface area contributed by atoms with Crippen molar-refractivity contribution in [2.45, 2.75) is 55.2 Å². The number of hydrogen-bond donors (Lipinski definition) is 0. The Bertz CT molecular complexity index is 1880. The van der Waals surface area contributed by atoms with E-state index >= 15 is 0 Å². The molecule has 11 rings (SSSR count). The third kappa shape index (κ3) is 2.16. The first-order valence-electron chi connectivity index (χ1n) is 15.9. The molecule has 4 fully saturated rings. The standard InChI is InChI=1S/C40H38P2/c1-26-32(41-34(28-17-9-5-10-18-28)39(36(41)38(26,39)4)30-21-13-7-14-22-30)33-27(2)37(3)25-42(33)35(29-19-11-6-12-20-29)40(37,42)31-23-15-8-16-24-31/h5-24,34-36,42H,25H2,1-4H3. The van der Waals surface area contributed by atoms with Gasteiger partial charge in [-0.2, -0.15) is 0 Å². The van der Waals surface area contributed by atoms with Crippen LogP contribution in [0.15, 0.2) is 143 Å². The van der Waals surface area contributed by atoms with E-state index in [0.717, 1.165) is 5.66 Å². The average molecular weight is 581 g/mol. The van der Waals surface area contributed by atoms with Crippen LogP contribution < -0.4 is 0 Å². The molecule has 8 unspecified atom stereocenters. The van der Waals surface area contributed by atoms with Gasteiger partial charge in [-0.25, -0.2) is 0 Å². The first kappa shape index (κ1) is 24.6. The zero-order valence-corrected chi connectivity index (χ0v) is 26.8. The van der Waals surface area contributed by atoms with Crippen molar-refractivity contribution >= 4 is 15.2 Å². The Labute approximate surface area is 252 Å². The summed E-state index contributed by atoms with van der Waals surface area (Å²) in [7, 11) is -2.08. The summed E-state index contributed by atoms with van der Waals surface area (Å²) in [6.45, 7) is 10.5. The Balaban J connectivity index is 1.20. The predicted octanol–water partition coefficient (Wildman–Crippen LogP) is 10.5. The summed E-state index contributed by atoms with van der Waals surface area (Å²) in [4.78, 5) is 0. The van der Waals surface area contributed by atoms with Gasteiger partial charge >= 0.3 is 253 Å². The number of allylic oxidation sites excluding steroid dienone is 4. The number of hydrogen-bond acceptors (Lipinski definition) is 0. The number of fused-ring (bicyclic) bond motifs is 1. The zero-order chi connectivity index (χ0) is 28.3. The maximum absolute atomic E-state index is 2.66. The normalized spacial score (nSPS) is 41.4. The van der Waals surface area contributed by atoms with E-state index in [0.29, 0.717) is 16.5 Å². The van der Waals surface area contributed by atoms with Gasteiger partial charge in [0.1, 0.15) is 0 Å². The van der Waals surface area contributed by atoms with Gasteiger partial charge < -0.3 is 0 Å². The molecule has 6 aliphatic heterocycles. The fourth-order valence-electron chi connectivity index (χ4n) is 12.4. The van der Waals surface area contributed by atoms with Gasteiger partial charge in [-0.15, -0.1) is 0 Å². The van der Waals surface area contributed by atoms with Crippen molar-refractivity contribution in [3.05, 3.63) is 165 Å². The maximum atomic E-state index is 2.66. The van der Waals surface area contributed by atoms with Crippen molar-refractivity contribution in [1.82, 2.24) is 0 Å². The van der Waals surface area contributed by atoms with Gasteiger partial charge in [0.05, 0.1) is 0 Å². The van der Waals surface area contributed by atoms with Crippen LogP contribution >= 0.6 is 15.2 Å². The van der Waals surface area contributed by atoms with Crippen LogP contribution in [-0.4, -0.2) is 11.8 Å². The Kier molecular flexibility index (Phi) is 4.38. The second-order valence-electron chi connectivity index (χ2n) is 14.5. The van der Waals surface area contributed by atoms with Crippen LogP contribution in [0.1, 0.15) is 61.3 Å². The van der Waals surface area contributed by atoms with Crippen molar-refractivity contribution in [3.63, 3.8) is 0 Å². The molecule has 208 valence electrons. The molecule has 42 heavy (non-hydrogen) atoms. The summed E-state index contributed by atoms with van der Waals surface area (Å²) < 4.78 is 0.